The lowest BCUT2D eigenvalue weighted by atomic mass is 10.1. The Morgan fingerprint density at radius 3 is 2.58 bits per heavy atom. The van der Waals surface area contributed by atoms with Gasteiger partial charge in [-0.15, -0.1) is 0 Å². The number of nitrogens with one attached hydrogen (secondary N) is 1. The molecule has 0 bridgehead atoms. The number of rotatable bonds is 4. The molecule has 1 aliphatic carbocycles. The molecule has 0 aromatic carbocycles. The number of ether oxygens (including phenoxy) is 1. The molecule has 4 aromatic rings. The number of hydrogen-bond acceptors (Lipinski definition) is 6. The summed E-state index contributed by atoms with van der Waals surface area (Å²) >= 11 is 0. The minimum absolute atomic E-state index is 0.0556. The molecule has 4 aromatic heterocycles. The summed E-state index contributed by atoms with van der Waals surface area (Å²) < 4.78 is 33.9. The van der Waals surface area contributed by atoms with Gasteiger partial charge in [0.05, 0.1) is 43.5 Å². The Morgan fingerprint density at radius 1 is 1.17 bits per heavy atom. The topological polar surface area (TPSA) is 95.3 Å². The van der Waals surface area contributed by atoms with Gasteiger partial charge < -0.3 is 15.8 Å². The van der Waals surface area contributed by atoms with Crippen LogP contribution >= 0.6 is 0 Å². The molecule has 2 fully saturated rings. The predicted octanol–water partition coefficient (Wildman–Crippen LogP) is 5.22. The van der Waals surface area contributed by atoms with Crippen molar-refractivity contribution in [3.63, 3.8) is 0 Å². The standard InChI is InChI=1S/C19H18N6O.C5H9F2N.C2H6/c1-26-17-7-19-21-9-16(15-3-2-4-18(20)23-15)24(19)11-14(17)12-8-22-25(10-12)13-5-6-13;6-5(7)2-1-3-8-4-5;1-2/h2-4,7-11,13H,5-6H2,1H3,(H2,20,23);8H,1-4H2;1-2H3. The van der Waals surface area contributed by atoms with E-state index in [9.17, 15) is 8.78 Å². The van der Waals surface area contributed by atoms with Crippen LogP contribution in [0.2, 0.25) is 0 Å². The van der Waals surface area contributed by atoms with Crippen molar-refractivity contribution in [2.45, 2.75) is 51.5 Å². The smallest absolute Gasteiger partial charge is 0.260 e. The fourth-order valence-electron chi connectivity index (χ4n) is 4.02. The zero-order chi connectivity index (χ0) is 25.7. The first-order valence-corrected chi connectivity index (χ1v) is 12.3. The number of hydrogen-bond donors (Lipinski definition) is 2. The average Bonchev–Trinajstić information content (AvgIpc) is 3.47. The lowest BCUT2D eigenvalue weighted by Crippen LogP contribution is -2.38. The second-order valence-corrected chi connectivity index (χ2v) is 8.65. The minimum atomic E-state index is -2.43. The van der Waals surface area contributed by atoms with Crippen molar-refractivity contribution in [1.29, 1.82) is 0 Å². The van der Waals surface area contributed by atoms with Gasteiger partial charge >= 0.3 is 0 Å². The summed E-state index contributed by atoms with van der Waals surface area (Å²) in [6.07, 6.45) is 10.8. The number of fused-ring (bicyclic) bond motifs is 1. The molecule has 6 rings (SSSR count). The van der Waals surface area contributed by atoms with Crippen LogP contribution < -0.4 is 15.8 Å². The maximum absolute atomic E-state index is 12.1. The number of halogens is 2. The van der Waals surface area contributed by atoms with E-state index >= 15 is 0 Å². The van der Waals surface area contributed by atoms with Gasteiger partial charge in [-0.1, -0.05) is 19.9 Å². The Kier molecular flexibility index (Phi) is 7.83. The quantitative estimate of drug-likeness (QED) is 0.402. The number of piperidine rings is 1. The summed E-state index contributed by atoms with van der Waals surface area (Å²) in [6.45, 7) is 4.61. The first-order valence-electron chi connectivity index (χ1n) is 12.3. The number of pyridine rings is 2. The van der Waals surface area contributed by atoms with Gasteiger partial charge in [-0.2, -0.15) is 5.10 Å². The number of aromatic nitrogens is 5. The Bertz CT molecular complexity index is 1290. The number of nitrogens with two attached hydrogens (primary N) is 1. The van der Waals surface area contributed by atoms with Crippen LogP contribution in [0.25, 0.3) is 28.2 Å². The van der Waals surface area contributed by atoms with Crippen LogP contribution in [-0.2, 0) is 0 Å². The van der Waals surface area contributed by atoms with Crippen molar-refractivity contribution < 1.29 is 13.5 Å². The summed E-state index contributed by atoms with van der Waals surface area (Å²) in [7, 11) is 1.67. The van der Waals surface area contributed by atoms with Gasteiger partial charge in [0.25, 0.3) is 5.92 Å². The SMILES string of the molecule is CC.COc1cc2ncc(-c3cccc(N)n3)n2cc1-c1cnn(C2CC2)c1.FC1(F)CCCNC1. The molecule has 10 heteroatoms. The van der Waals surface area contributed by atoms with E-state index in [0.29, 0.717) is 18.3 Å². The molecule has 1 saturated heterocycles. The maximum Gasteiger partial charge on any atom is 0.260 e. The van der Waals surface area contributed by atoms with E-state index in [1.807, 2.05) is 53.5 Å². The minimum Gasteiger partial charge on any atom is -0.496 e. The van der Waals surface area contributed by atoms with Gasteiger partial charge in [-0.3, -0.25) is 9.08 Å². The number of imidazole rings is 1. The Morgan fingerprint density at radius 2 is 1.97 bits per heavy atom. The van der Waals surface area contributed by atoms with Gasteiger partial charge in [0, 0.05) is 36.0 Å². The summed E-state index contributed by atoms with van der Waals surface area (Å²) in [5.41, 5.74) is 10.3. The van der Waals surface area contributed by atoms with E-state index in [1.54, 1.807) is 19.4 Å². The summed E-state index contributed by atoms with van der Waals surface area (Å²) in [4.78, 5) is 8.91. The lowest BCUT2D eigenvalue weighted by Gasteiger charge is -2.21. The van der Waals surface area contributed by atoms with Crippen molar-refractivity contribution in [2.75, 3.05) is 25.9 Å². The molecule has 36 heavy (non-hydrogen) atoms. The predicted molar refractivity (Wildman–Crippen MR) is 137 cm³/mol. The van der Waals surface area contributed by atoms with Crippen LogP contribution in [0, 0.1) is 0 Å². The molecule has 0 amide bonds. The lowest BCUT2D eigenvalue weighted by molar-refractivity contribution is -0.0208. The molecule has 0 radical (unpaired) electrons. The Hall–Kier alpha value is -3.53. The fraction of sp³-hybridized carbons (Fsp3) is 0.423. The summed E-state index contributed by atoms with van der Waals surface area (Å²) in [5, 5.41) is 7.12. The number of nitrogen functional groups attached to an aromatic ring is 1. The highest BCUT2D eigenvalue weighted by Gasteiger charge is 2.30. The highest BCUT2D eigenvalue weighted by molar-refractivity contribution is 5.73. The van der Waals surface area contributed by atoms with E-state index in [4.69, 9.17) is 10.5 Å². The van der Waals surface area contributed by atoms with E-state index in [0.717, 1.165) is 40.5 Å². The Labute approximate surface area is 209 Å². The van der Waals surface area contributed by atoms with Crippen molar-refractivity contribution >= 4 is 11.5 Å². The van der Waals surface area contributed by atoms with Crippen LogP contribution in [-0.4, -0.2) is 50.3 Å². The van der Waals surface area contributed by atoms with Crippen molar-refractivity contribution in [2.24, 2.45) is 0 Å². The van der Waals surface area contributed by atoms with Crippen LogP contribution in [0.1, 0.15) is 45.6 Å². The third kappa shape index (κ3) is 5.81. The first-order chi connectivity index (χ1) is 17.4. The van der Waals surface area contributed by atoms with E-state index in [-0.39, 0.29) is 13.0 Å². The highest BCUT2D eigenvalue weighted by atomic mass is 19.3. The molecule has 0 spiro atoms. The summed E-state index contributed by atoms with van der Waals surface area (Å²) in [5.74, 6) is -1.18. The van der Waals surface area contributed by atoms with Crippen LogP contribution in [0.3, 0.4) is 0 Å². The van der Waals surface area contributed by atoms with Crippen molar-refractivity contribution in [3.05, 3.63) is 49.1 Å². The van der Waals surface area contributed by atoms with Gasteiger partial charge in [-0.05, 0) is 37.9 Å². The van der Waals surface area contributed by atoms with Crippen molar-refractivity contribution in [3.8, 4) is 28.3 Å². The van der Waals surface area contributed by atoms with E-state index in [2.05, 4.69) is 26.6 Å². The largest absolute Gasteiger partial charge is 0.496 e. The van der Waals surface area contributed by atoms with E-state index < -0.39 is 5.92 Å². The molecular formula is C26H33F2N7O. The van der Waals surface area contributed by atoms with Gasteiger partial charge in [0.1, 0.15) is 17.2 Å². The van der Waals surface area contributed by atoms with Gasteiger partial charge in [0.15, 0.2) is 0 Å². The third-order valence-electron chi connectivity index (χ3n) is 5.98. The van der Waals surface area contributed by atoms with Crippen LogP contribution in [0.5, 0.6) is 5.75 Å². The maximum atomic E-state index is 12.1. The third-order valence-corrected chi connectivity index (χ3v) is 5.98. The van der Waals surface area contributed by atoms with E-state index in [1.165, 1.54) is 12.8 Å². The molecule has 1 aliphatic heterocycles. The fourth-order valence-corrected chi connectivity index (χ4v) is 4.02. The molecule has 192 valence electrons. The zero-order valence-corrected chi connectivity index (χ0v) is 20.9. The molecule has 0 atom stereocenters. The van der Waals surface area contributed by atoms with Crippen LogP contribution in [0.15, 0.2) is 49.1 Å². The average molecular weight is 498 g/mol. The van der Waals surface area contributed by atoms with Gasteiger partial charge in [0.2, 0.25) is 0 Å². The number of nitrogens with zero attached hydrogens (tertiary/aromatic N) is 5. The normalized spacial score (nSPS) is 16.5. The van der Waals surface area contributed by atoms with Crippen LogP contribution in [0.4, 0.5) is 14.6 Å². The highest BCUT2D eigenvalue weighted by Crippen LogP contribution is 2.37. The molecule has 1 saturated carbocycles. The second kappa shape index (κ2) is 11.0. The molecule has 8 nitrogen and oxygen atoms in total. The number of anilines is 1. The van der Waals surface area contributed by atoms with Gasteiger partial charge in [-0.25, -0.2) is 18.7 Å². The zero-order valence-electron chi connectivity index (χ0n) is 20.9. The molecule has 0 unspecified atom stereocenters. The number of methoxy groups -OCH3 is 1. The summed E-state index contributed by atoms with van der Waals surface area (Å²) in [6, 6.07) is 8.06. The second-order valence-electron chi connectivity index (χ2n) is 8.65. The molecule has 3 N–H and O–H groups in total. The molecule has 5 heterocycles. The molecule has 2 aliphatic rings. The van der Waals surface area contributed by atoms with Crippen molar-refractivity contribution in [1.82, 2.24) is 29.5 Å². The monoisotopic (exact) mass is 497 g/mol. The number of alkyl halides is 2. The Balaban J connectivity index is 0.000000259. The molecular weight excluding hydrogens is 464 g/mol. The first kappa shape index (κ1) is 25.6.